The minimum Gasteiger partial charge on any atom is -0.487 e. The van der Waals surface area contributed by atoms with Crippen molar-refractivity contribution < 1.29 is 4.74 Å². The first-order chi connectivity index (χ1) is 10.7. The highest BCUT2D eigenvalue weighted by Crippen LogP contribution is 2.33. The molecule has 3 rings (SSSR count). The number of aryl methyl sites for hydroxylation is 1. The molecular weight excluding hydrogens is 272 g/mol. The fraction of sp³-hybridized carbons (Fsp3) is 0.368. The highest BCUT2D eigenvalue weighted by atomic mass is 16.5. The Morgan fingerprint density at radius 3 is 2.64 bits per heavy atom. The highest BCUT2D eigenvalue weighted by Gasteiger charge is 2.15. The van der Waals surface area contributed by atoms with Crippen molar-refractivity contribution in [3.63, 3.8) is 0 Å². The monoisotopic (exact) mass is 296 g/mol. The topological polar surface area (TPSA) is 38.5 Å². The van der Waals surface area contributed by atoms with Gasteiger partial charge in [-0.1, -0.05) is 29.8 Å². The van der Waals surface area contributed by atoms with Crippen LogP contribution in [0.15, 0.2) is 42.5 Å². The third-order valence-electron chi connectivity index (χ3n) is 4.16. The van der Waals surface area contributed by atoms with Gasteiger partial charge in [-0.25, -0.2) is 0 Å². The first-order valence-corrected chi connectivity index (χ1v) is 8.05. The molecule has 2 aromatic carbocycles. The number of nitrogen functional groups attached to an aromatic ring is 1. The molecule has 0 aromatic heterocycles. The number of nitrogens with two attached hydrogens (primary N) is 1. The number of benzene rings is 2. The minimum atomic E-state index is 0.575. The van der Waals surface area contributed by atoms with E-state index in [1.54, 1.807) is 0 Å². The third kappa shape index (κ3) is 3.53. The smallest absolute Gasteiger partial charge is 0.145 e. The van der Waals surface area contributed by atoms with E-state index in [1.807, 2.05) is 12.1 Å². The van der Waals surface area contributed by atoms with E-state index in [4.69, 9.17) is 10.5 Å². The SMILES string of the molecule is Cc1cccc(COc2cc(N)ccc2N2CCCCC2)c1. The zero-order chi connectivity index (χ0) is 15.4. The van der Waals surface area contributed by atoms with Crippen LogP contribution in [0.25, 0.3) is 0 Å². The number of hydrogen-bond acceptors (Lipinski definition) is 3. The van der Waals surface area contributed by atoms with Crippen LogP contribution < -0.4 is 15.4 Å². The van der Waals surface area contributed by atoms with Crippen molar-refractivity contribution in [2.24, 2.45) is 0 Å². The van der Waals surface area contributed by atoms with Gasteiger partial charge in [-0.05, 0) is 43.9 Å². The van der Waals surface area contributed by atoms with Crippen molar-refractivity contribution in [3.8, 4) is 5.75 Å². The summed E-state index contributed by atoms with van der Waals surface area (Å²) in [5.41, 5.74) is 10.3. The van der Waals surface area contributed by atoms with Gasteiger partial charge < -0.3 is 15.4 Å². The Kier molecular flexibility index (Phi) is 4.52. The summed E-state index contributed by atoms with van der Waals surface area (Å²) >= 11 is 0. The van der Waals surface area contributed by atoms with Crippen LogP contribution in [-0.2, 0) is 6.61 Å². The molecule has 0 atom stereocenters. The summed E-state index contributed by atoms with van der Waals surface area (Å²) in [4.78, 5) is 2.41. The molecular formula is C19H24N2O. The van der Waals surface area contributed by atoms with Crippen LogP contribution in [0.4, 0.5) is 11.4 Å². The Bertz CT molecular complexity index is 633. The van der Waals surface area contributed by atoms with Gasteiger partial charge in [-0.2, -0.15) is 0 Å². The van der Waals surface area contributed by atoms with E-state index in [0.29, 0.717) is 6.61 Å². The Hall–Kier alpha value is -2.16. The van der Waals surface area contributed by atoms with Gasteiger partial charge in [-0.15, -0.1) is 0 Å². The average Bonchev–Trinajstić information content (AvgIpc) is 2.54. The second-order valence-electron chi connectivity index (χ2n) is 6.05. The molecule has 22 heavy (non-hydrogen) atoms. The Morgan fingerprint density at radius 1 is 1.05 bits per heavy atom. The Labute approximate surface area is 132 Å². The molecule has 0 spiro atoms. The zero-order valence-corrected chi connectivity index (χ0v) is 13.2. The van der Waals surface area contributed by atoms with Crippen LogP contribution in [0.5, 0.6) is 5.75 Å². The van der Waals surface area contributed by atoms with Crippen LogP contribution in [-0.4, -0.2) is 13.1 Å². The summed E-state index contributed by atoms with van der Waals surface area (Å²) in [5.74, 6) is 0.892. The largest absolute Gasteiger partial charge is 0.487 e. The predicted molar refractivity (Wildman–Crippen MR) is 92.4 cm³/mol. The number of piperidine rings is 1. The summed E-state index contributed by atoms with van der Waals surface area (Å²) < 4.78 is 6.09. The summed E-state index contributed by atoms with van der Waals surface area (Å²) in [7, 11) is 0. The molecule has 1 aliphatic heterocycles. The molecule has 1 saturated heterocycles. The highest BCUT2D eigenvalue weighted by molar-refractivity contribution is 5.64. The van der Waals surface area contributed by atoms with Gasteiger partial charge in [0.2, 0.25) is 0 Å². The van der Waals surface area contributed by atoms with Gasteiger partial charge in [0.1, 0.15) is 12.4 Å². The zero-order valence-electron chi connectivity index (χ0n) is 13.2. The van der Waals surface area contributed by atoms with Crippen molar-refractivity contribution in [1.29, 1.82) is 0 Å². The minimum absolute atomic E-state index is 0.575. The molecule has 0 aliphatic carbocycles. The number of nitrogens with zero attached hydrogens (tertiary/aromatic N) is 1. The number of ether oxygens (including phenoxy) is 1. The first kappa shape index (κ1) is 14.8. The van der Waals surface area contributed by atoms with Crippen LogP contribution in [0.3, 0.4) is 0 Å². The van der Waals surface area contributed by atoms with Crippen molar-refractivity contribution in [1.82, 2.24) is 0 Å². The molecule has 0 amide bonds. The standard InChI is InChI=1S/C19H24N2O/c1-15-6-5-7-16(12-15)14-22-19-13-17(20)8-9-18(19)21-10-3-2-4-11-21/h5-9,12-13H,2-4,10-11,14,20H2,1H3. The molecule has 0 unspecified atom stereocenters. The van der Waals surface area contributed by atoms with Crippen LogP contribution in [0, 0.1) is 6.92 Å². The summed E-state index contributed by atoms with van der Waals surface area (Å²) in [6.07, 6.45) is 3.83. The fourth-order valence-corrected chi connectivity index (χ4v) is 3.01. The van der Waals surface area contributed by atoms with Crippen LogP contribution in [0.1, 0.15) is 30.4 Å². The van der Waals surface area contributed by atoms with Crippen LogP contribution >= 0.6 is 0 Å². The van der Waals surface area contributed by atoms with Crippen molar-refractivity contribution in [2.45, 2.75) is 32.8 Å². The molecule has 0 radical (unpaired) electrons. The maximum Gasteiger partial charge on any atom is 0.145 e. The summed E-state index contributed by atoms with van der Waals surface area (Å²) in [6.45, 7) is 4.88. The number of hydrogen-bond donors (Lipinski definition) is 1. The molecule has 3 nitrogen and oxygen atoms in total. The Morgan fingerprint density at radius 2 is 1.86 bits per heavy atom. The van der Waals surface area contributed by atoms with E-state index in [2.05, 4.69) is 42.2 Å². The van der Waals surface area contributed by atoms with E-state index >= 15 is 0 Å². The molecule has 0 bridgehead atoms. The number of rotatable bonds is 4. The average molecular weight is 296 g/mol. The lowest BCUT2D eigenvalue weighted by Gasteiger charge is -2.30. The molecule has 2 aromatic rings. The maximum absolute atomic E-state index is 6.09. The van der Waals surface area contributed by atoms with Crippen molar-refractivity contribution >= 4 is 11.4 Å². The Balaban J connectivity index is 1.78. The third-order valence-corrected chi connectivity index (χ3v) is 4.16. The van der Waals surface area contributed by atoms with Crippen molar-refractivity contribution in [2.75, 3.05) is 23.7 Å². The second-order valence-corrected chi connectivity index (χ2v) is 6.05. The number of anilines is 2. The maximum atomic E-state index is 6.09. The van der Waals surface area contributed by atoms with E-state index < -0.39 is 0 Å². The van der Waals surface area contributed by atoms with Gasteiger partial charge in [0.25, 0.3) is 0 Å². The fourth-order valence-electron chi connectivity index (χ4n) is 3.01. The van der Waals surface area contributed by atoms with E-state index in [1.165, 1.54) is 36.1 Å². The lowest BCUT2D eigenvalue weighted by Crippen LogP contribution is -2.29. The lowest BCUT2D eigenvalue weighted by molar-refractivity contribution is 0.306. The first-order valence-electron chi connectivity index (χ1n) is 8.05. The van der Waals surface area contributed by atoms with Gasteiger partial charge in [0.05, 0.1) is 5.69 Å². The molecule has 1 heterocycles. The van der Waals surface area contributed by atoms with Gasteiger partial charge in [0, 0.05) is 24.8 Å². The summed E-state index contributed by atoms with van der Waals surface area (Å²) in [5, 5.41) is 0. The molecule has 3 heteroatoms. The van der Waals surface area contributed by atoms with E-state index in [-0.39, 0.29) is 0 Å². The van der Waals surface area contributed by atoms with Crippen LogP contribution in [0.2, 0.25) is 0 Å². The second kappa shape index (κ2) is 6.73. The van der Waals surface area contributed by atoms with Gasteiger partial charge >= 0.3 is 0 Å². The quantitative estimate of drug-likeness (QED) is 0.862. The van der Waals surface area contributed by atoms with E-state index in [0.717, 1.165) is 24.5 Å². The lowest BCUT2D eigenvalue weighted by atomic mass is 10.1. The van der Waals surface area contributed by atoms with Gasteiger partial charge in [0.15, 0.2) is 0 Å². The molecule has 116 valence electrons. The van der Waals surface area contributed by atoms with Crippen molar-refractivity contribution in [3.05, 3.63) is 53.6 Å². The predicted octanol–water partition coefficient (Wildman–Crippen LogP) is 4.15. The normalized spacial score (nSPS) is 14.9. The molecule has 1 aliphatic rings. The molecule has 0 saturated carbocycles. The molecule has 1 fully saturated rings. The van der Waals surface area contributed by atoms with E-state index in [9.17, 15) is 0 Å². The molecule has 2 N–H and O–H groups in total. The van der Waals surface area contributed by atoms with Gasteiger partial charge in [-0.3, -0.25) is 0 Å². The summed E-state index contributed by atoms with van der Waals surface area (Å²) in [6, 6.07) is 14.4.